The van der Waals surface area contributed by atoms with Gasteiger partial charge in [0.25, 0.3) is 0 Å². The average molecular weight is 402 g/mol. The molecular formula is C26H26O4. The Hall–Kier alpha value is -2.76. The highest BCUT2D eigenvalue weighted by Crippen LogP contribution is 2.39. The van der Waals surface area contributed by atoms with Crippen LogP contribution >= 0.6 is 0 Å². The predicted octanol–water partition coefficient (Wildman–Crippen LogP) is 4.68. The van der Waals surface area contributed by atoms with Crippen LogP contribution in [0.25, 0.3) is 32.7 Å². The second-order valence-corrected chi connectivity index (χ2v) is 7.19. The average Bonchev–Trinajstić information content (AvgIpc) is 2.79. The minimum atomic E-state index is -0.00255. The Balaban J connectivity index is 1.97. The lowest BCUT2D eigenvalue weighted by molar-refractivity contribution is 0.0811. The molecule has 0 aromatic heterocycles. The van der Waals surface area contributed by atoms with Crippen molar-refractivity contribution in [1.82, 2.24) is 0 Å². The van der Waals surface area contributed by atoms with Gasteiger partial charge in [-0.15, -0.1) is 0 Å². The molecule has 0 atom stereocenters. The molecule has 0 radical (unpaired) electrons. The van der Waals surface area contributed by atoms with Gasteiger partial charge in [0.2, 0.25) is 0 Å². The topological polar surface area (TPSA) is 58.9 Å². The Morgan fingerprint density at radius 2 is 0.967 bits per heavy atom. The molecule has 4 heteroatoms. The number of benzene rings is 4. The van der Waals surface area contributed by atoms with E-state index in [-0.39, 0.29) is 13.2 Å². The fraction of sp³-hybridized carbons (Fsp3) is 0.231. The highest BCUT2D eigenvalue weighted by Gasteiger charge is 2.17. The molecule has 4 nitrogen and oxygen atoms in total. The number of aliphatic hydroxyl groups excluding tert-OH is 2. The van der Waals surface area contributed by atoms with Crippen molar-refractivity contribution in [2.24, 2.45) is 0 Å². The largest absolute Gasteiger partial charge is 0.394 e. The maximum absolute atomic E-state index is 9.15. The van der Waals surface area contributed by atoms with Gasteiger partial charge in [-0.3, -0.25) is 0 Å². The summed E-state index contributed by atoms with van der Waals surface area (Å²) in [6, 6.07) is 25.1. The molecule has 4 aromatic rings. The molecule has 154 valence electrons. The van der Waals surface area contributed by atoms with Crippen LogP contribution in [0.3, 0.4) is 0 Å². The fourth-order valence-electron chi connectivity index (χ4n) is 3.96. The summed E-state index contributed by atoms with van der Waals surface area (Å²) in [4.78, 5) is 0. The third-order valence-corrected chi connectivity index (χ3v) is 5.27. The molecule has 4 rings (SSSR count). The van der Waals surface area contributed by atoms with Crippen molar-refractivity contribution in [2.45, 2.75) is 13.2 Å². The summed E-state index contributed by atoms with van der Waals surface area (Å²) in [5.74, 6) is 0. The van der Waals surface area contributed by atoms with Crippen molar-refractivity contribution >= 4 is 21.5 Å². The van der Waals surface area contributed by atoms with E-state index in [0.717, 1.165) is 43.8 Å². The molecule has 0 amide bonds. The molecule has 0 aliphatic carbocycles. The minimum absolute atomic E-state index is 0.00255. The molecule has 0 bridgehead atoms. The lowest BCUT2D eigenvalue weighted by atomic mass is 9.87. The first-order valence-corrected chi connectivity index (χ1v) is 10.2. The zero-order valence-electron chi connectivity index (χ0n) is 16.9. The maximum atomic E-state index is 9.15. The lowest BCUT2D eigenvalue weighted by Gasteiger charge is -2.19. The van der Waals surface area contributed by atoms with Crippen molar-refractivity contribution in [3.05, 3.63) is 83.9 Å². The minimum Gasteiger partial charge on any atom is -0.394 e. The van der Waals surface area contributed by atoms with E-state index in [1.807, 2.05) is 12.1 Å². The Bertz CT molecular complexity index is 1050. The summed E-state index contributed by atoms with van der Waals surface area (Å²) in [5, 5.41) is 22.9. The van der Waals surface area contributed by atoms with Gasteiger partial charge in [-0.1, -0.05) is 72.8 Å². The first-order chi connectivity index (χ1) is 14.8. The van der Waals surface area contributed by atoms with Crippen molar-refractivity contribution in [1.29, 1.82) is 0 Å². The van der Waals surface area contributed by atoms with Crippen LogP contribution in [0.4, 0.5) is 0 Å². The van der Waals surface area contributed by atoms with E-state index in [2.05, 4.69) is 60.7 Å². The van der Waals surface area contributed by atoms with Crippen LogP contribution < -0.4 is 0 Å². The molecule has 0 aliphatic rings. The zero-order chi connectivity index (χ0) is 20.8. The highest BCUT2D eigenvalue weighted by molar-refractivity contribution is 6.07. The van der Waals surface area contributed by atoms with E-state index >= 15 is 0 Å². The Morgan fingerprint density at radius 1 is 0.533 bits per heavy atom. The van der Waals surface area contributed by atoms with E-state index in [1.165, 1.54) is 0 Å². The molecule has 0 fully saturated rings. The van der Waals surface area contributed by atoms with Crippen LogP contribution in [0.1, 0.15) is 11.1 Å². The fourth-order valence-corrected chi connectivity index (χ4v) is 3.96. The number of hydrogen-bond acceptors (Lipinski definition) is 4. The van der Waals surface area contributed by atoms with Crippen LogP contribution in [0.2, 0.25) is 0 Å². The van der Waals surface area contributed by atoms with Crippen LogP contribution in [0.5, 0.6) is 0 Å². The van der Waals surface area contributed by atoms with Crippen molar-refractivity contribution in [3.63, 3.8) is 0 Å². The second kappa shape index (κ2) is 9.83. The van der Waals surface area contributed by atoms with E-state index in [0.29, 0.717) is 26.4 Å². The SMILES string of the molecule is OCCOCc1ccc2ccccc2c1-c1c(COCCO)ccc2ccccc12. The van der Waals surface area contributed by atoms with Gasteiger partial charge < -0.3 is 19.7 Å². The predicted molar refractivity (Wildman–Crippen MR) is 120 cm³/mol. The summed E-state index contributed by atoms with van der Waals surface area (Å²) < 4.78 is 11.4. The van der Waals surface area contributed by atoms with Gasteiger partial charge in [0, 0.05) is 0 Å². The van der Waals surface area contributed by atoms with E-state index < -0.39 is 0 Å². The van der Waals surface area contributed by atoms with Gasteiger partial charge in [-0.25, -0.2) is 0 Å². The van der Waals surface area contributed by atoms with Crippen LogP contribution in [-0.4, -0.2) is 36.6 Å². The second-order valence-electron chi connectivity index (χ2n) is 7.19. The van der Waals surface area contributed by atoms with Gasteiger partial charge >= 0.3 is 0 Å². The lowest BCUT2D eigenvalue weighted by Crippen LogP contribution is -2.04. The summed E-state index contributed by atoms with van der Waals surface area (Å²) >= 11 is 0. The highest BCUT2D eigenvalue weighted by atomic mass is 16.5. The Labute approximate surface area is 176 Å². The number of ether oxygens (including phenoxy) is 2. The van der Waals surface area contributed by atoms with E-state index in [1.54, 1.807) is 0 Å². The van der Waals surface area contributed by atoms with E-state index in [4.69, 9.17) is 19.7 Å². The van der Waals surface area contributed by atoms with Gasteiger partial charge in [-0.05, 0) is 43.8 Å². The molecule has 0 unspecified atom stereocenters. The van der Waals surface area contributed by atoms with E-state index in [9.17, 15) is 0 Å². The first-order valence-electron chi connectivity index (χ1n) is 10.2. The number of aliphatic hydroxyl groups is 2. The molecule has 0 saturated heterocycles. The number of rotatable bonds is 9. The smallest absolute Gasteiger partial charge is 0.0724 e. The molecule has 2 N–H and O–H groups in total. The van der Waals surface area contributed by atoms with Gasteiger partial charge in [0.15, 0.2) is 0 Å². The number of hydrogen-bond donors (Lipinski definition) is 2. The Morgan fingerprint density at radius 3 is 1.40 bits per heavy atom. The zero-order valence-corrected chi connectivity index (χ0v) is 16.9. The third kappa shape index (κ3) is 4.23. The van der Waals surface area contributed by atoms with Gasteiger partial charge in [-0.2, -0.15) is 0 Å². The quantitative estimate of drug-likeness (QED) is 0.399. The van der Waals surface area contributed by atoms with Gasteiger partial charge in [0.05, 0.1) is 39.6 Å². The maximum Gasteiger partial charge on any atom is 0.0724 e. The Kier molecular flexibility index (Phi) is 6.72. The summed E-state index contributed by atoms with van der Waals surface area (Å²) in [6.07, 6.45) is 0. The van der Waals surface area contributed by atoms with Gasteiger partial charge in [0.1, 0.15) is 0 Å². The van der Waals surface area contributed by atoms with Crippen LogP contribution in [-0.2, 0) is 22.7 Å². The molecular weight excluding hydrogens is 376 g/mol. The third-order valence-electron chi connectivity index (χ3n) is 5.27. The summed E-state index contributed by atoms with van der Waals surface area (Å²) in [5.41, 5.74) is 4.40. The normalized spacial score (nSPS) is 11.4. The molecule has 30 heavy (non-hydrogen) atoms. The molecule has 0 spiro atoms. The molecule has 0 saturated carbocycles. The van der Waals surface area contributed by atoms with Crippen molar-refractivity contribution in [3.8, 4) is 11.1 Å². The standard InChI is InChI=1S/C26H26O4/c27-13-15-29-17-21-11-9-19-5-1-3-7-23(19)25(21)26-22(18-30-16-14-28)12-10-20-6-2-4-8-24(20)26/h1-12,27-28H,13-18H2. The van der Waals surface area contributed by atoms with Crippen molar-refractivity contribution in [2.75, 3.05) is 26.4 Å². The first kappa shape index (κ1) is 20.5. The molecule has 0 aliphatic heterocycles. The monoisotopic (exact) mass is 402 g/mol. The van der Waals surface area contributed by atoms with Crippen LogP contribution in [0.15, 0.2) is 72.8 Å². The molecule has 4 aromatic carbocycles. The van der Waals surface area contributed by atoms with Crippen molar-refractivity contribution < 1.29 is 19.7 Å². The molecule has 0 heterocycles. The summed E-state index contributed by atoms with van der Waals surface area (Å²) in [7, 11) is 0. The number of fused-ring (bicyclic) bond motifs is 2. The summed E-state index contributed by atoms with van der Waals surface area (Å²) in [6.45, 7) is 1.43. The van der Waals surface area contributed by atoms with Crippen LogP contribution in [0, 0.1) is 0 Å².